The van der Waals surface area contributed by atoms with E-state index in [2.05, 4.69) is 29.8 Å². The number of aryl methyl sites for hydroxylation is 1. The van der Waals surface area contributed by atoms with E-state index in [4.69, 9.17) is 0 Å². The lowest BCUT2D eigenvalue weighted by Crippen LogP contribution is -2.46. The maximum atomic E-state index is 3.66. The molecule has 2 heterocycles. The third kappa shape index (κ3) is 2.58. The average Bonchev–Trinajstić information content (AvgIpc) is 2.69. The predicted octanol–water partition coefficient (Wildman–Crippen LogP) is 3.21. The van der Waals surface area contributed by atoms with Gasteiger partial charge < -0.3 is 5.32 Å². The summed E-state index contributed by atoms with van der Waals surface area (Å²) in [5.74, 6) is 0. The van der Waals surface area contributed by atoms with Gasteiger partial charge in [0.05, 0.1) is 0 Å². The Morgan fingerprint density at radius 1 is 1.50 bits per heavy atom. The summed E-state index contributed by atoms with van der Waals surface area (Å²) < 4.78 is 0. The molecule has 0 aliphatic carbocycles. The average molecular weight is 209 g/mol. The monoisotopic (exact) mass is 209 g/mol. The topological polar surface area (TPSA) is 12.0 Å². The molecule has 0 saturated carbocycles. The number of nitrogens with one attached hydrogen (secondary N) is 1. The number of hydrogen-bond acceptors (Lipinski definition) is 2. The molecule has 0 radical (unpaired) electrons. The molecule has 1 atom stereocenters. The standard InChI is InChI=1S/C12H19NS/c1-12(7-2-3-9-13-12)8-6-11-5-4-10-14-11/h4-5,10,13H,2-3,6-9H2,1H3. The van der Waals surface area contributed by atoms with E-state index in [1.807, 2.05) is 11.3 Å². The lowest BCUT2D eigenvalue weighted by molar-refractivity contribution is 0.261. The Bertz CT molecular complexity index is 260. The van der Waals surface area contributed by atoms with Crippen LogP contribution in [0.2, 0.25) is 0 Å². The van der Waals surface area contributed by atoms with Gasteiger partial charge in [0.2, 0.25) is 0 Å². The molecule has 0 spiro atoms. The lowest BCUT2D eigenvalue weighted by Gasteiger charge is -2.35. The Labute approximate surface area is 90.5 Å². The van der Waals surface area contributed by atoms with Crippen LogP contribution in [0.1, 0.15) is 37.5 Å². The van der Waals surface area contributed by atoms with Crippen LogP contribution in [0.3, 0.4) is 0 Å². The smallest absolute Gasteiger partial charge is 0.0156 e. The van der Waals surface area contributed by atoms with E-state index in [0.717, 1.165) is 0 Å². The molecule has 1 aliphatic heterocycles. The number of thiophene rings is 1. The van der Waals surface area contributed by atoms with Gasteiger partial charge in [0.1, 0.15) is 0 Å². The molecule has 2 heteroatoms. The SMILES string of the molecule is CC1(CCc2cccs2)CCCCN1. The van der Waals surface area contributed by atoms with Gasteiger partial charge in [0.15, 0.2) is 0 Å². The molecule has 1 aromatic heterocycles. The van der Waals surface area contributed by atoms with Crippen LogP contribution < -0.4 is 5.32 Å². The minimum atomic E-state index is 0.405. The normalized spacial score (nSPS) is 27.8. The highest BCUT2D eigenvalue weighted by molar-refractivity contribution is 7.09. The van der Waals surface area contributed by atoms with Gasteiger partial charge in [-0.05, 0) is 50.6 Å². The van der Waals surface area contributed by atoms with Crippen LogP contribution in [0.5, 0.6) is 0 Å². The van der Waals surface area contributed by atoms with Crippen molar-refractivity contribution in [3.05, 3.63) is 22.4 Å². The predicted molar refractivity (Wildman–Crippen MR) is 62.9 cm³/mol. The lowest BCUT2D eigenvalue weighted by atomic mass is 9.86. The van der Waals surface area contributed by atoms with Crippen molar-refractivity contribution in [3.63, 3.8) is 0 Å². The van der Waals surface area contributed by atoms with Gasteiger partial charge in [-0.2, -0.15) is 0 Å². The first kappa shape index (κ1) is 10.2. The van der Waals surface area contributed by atoms with E-state index < -0.39 is 0 Å². The first-order valence-electron chi connectivity index (χ1n) is 5.56. The number of hydrogen-bond donors (Lipinski definition) is 1. The van der Waals surface area contributed by atoms with E-state index in [9.17, 15) is 0 Å². The summed E-state index contributed by atoms with van der Waals surface area (Å²) in [6.45, 7) is 3.58. The highest BCUT2D eigenvalue weighted by Crippen LogP contribution is 2.25. The van der Waals surface area contributed by atoms with Crippen molar-refractivity contribution in [2.75, 3.05) is 6.54 Å². The highest BCUT2D eigenvalue weighted by Gasteiger charge is 2.25. The van der Waals surface area contributed by atoms with Crippen LogP contribution in [0.15, 0.2) is 17.5 Å². The Hall–Kier alpha value is -0.340. The highest BCUT2D eigenvalue weighted by atomic mass is 32.1. The van der Waals surface area contributed by atoms with Gasteiger partial charge in [0, 0.05) is 10.4 Å². The van der Waals surface area contributed by atoms with Crippen molar-refractivity contribution < 1.29 is 0 Å². The number of rotatable bonds is 3. The fraction of sp³-hybridized carbons (Fsp3) is 0.667. The molecule has 14 heavy (non-hydrogen) atoms. The largest absolute Gasteiger partial charge is 0.312 e. The van der Waals surface area contributed by atoms with Gasteiger partial charge in [-0.15, -0.1) is 11.3 Å². The fourth-order valence-electron chi connectivity index (χ4n) is 2.19. The summed E-state index contributed by atoms with van der Waals surface area (Å²) in [5, 5.41) is 5.84. The molecule has 1 aromatic rings. The Morgan fingerprint density at radius 2 is 2.43 bits per heavy atom. The zero-order valence-electron chi connectivity index (χ0n) is 8.88. The summed E-state index contributed by atoms with van der Waals surface area (Å²) in [7, 11) is 0. The van der Waals surface area contributed by atoms with Crippen molar-refractivity contribution >= 4 is 11.3 Å². The van der Waals surface area contributed by atoms with E-state index >= 15 is 0 Å². The van der Waals surface area contributed by atoms with Crippen molar-refractivity contribution in [1.29, 1.82) is 0 Å². The summed E-state index contributed by atoms with van der Waals surface area (Å²) >= 11 is 1.88. The van der Waals surface area contributed by atoms with E-state index in [-0.39, 0.29) is 0 Å². The van der Waals surface area contributed by atoms with Crippen LogP contribution in [0, 0.1) is 0 Å². The van der Waals surface area contributed by atoms with Crippen molar-refractivity contribution in [2.45, 2.75) is 44.6 Å². The minimum Gasteiger partial charge on any atom is -0.312 e. The third-order valence-corrected chi connectivity index (χ3v) is 4.15. The van der Waals surface area contributed by atoms with Gasteiger partial charge >= 0.3 is 0 Å². The first-order chi connectivity index (χ1) is 6.79. The third-order valence-electron chi connectivity index (χ3n) is 3.21. The Kier molecular flexibility index (Phi) is 3.24. The minimum absolute atomic E-state index is 0.405. The quantitative estimate of drug-likeness (QED) is 0.806. The van der Waals surface area contributed by atoms with E-state index in [0.29, 0.717) is 5.54 Å². The maximum Gasteiger partial charge on any atom is 0.0156 e. The summed E-state index contributed by atoms with van der Waals surface area (Å²) in [4.78, 5) is 1.53. The summed E-state index contributed by atoms with van der Waals surface area (Å²) in [6, 6.07) is 4.40. The van der Waals surface area contributed by atoms with Gasteiger partial charge in [-0.25, -0.2) is 0 Å². The molecular formula is C12H19NS. The zero-order chi connectivity index (χ0) is 9.86. The second-order valence-corrected chi connectivity index (χ2v) is 5.56. The van der Waals surface area contributed by atoms with Crippen LogP contribution in [-0.2, 0) is 6.42 Å². The van der Waals surface area contributed by atoms with Gasteiger partial charge in [-0.1, -0.05) is 12.5 Å². The molecular weight excluding hydrogens is 190 g/mol. The molecule has 1 fully saturated rings. The molecule has 0 aromatic carbocycles. The molecule has 0 amide bonds. The van der Waals surface area contributed by atoms with E-state index in [1.165, 1.54) is 43.5 Å². The second kappa shape index (κ2) is 4.45. The van der Waals surface area contributed by atoms with Crippen molar-refractivity contribution in [1.82, 2.24) is 5.32 Å². The molecule has 1 unspecified atom stereocenters. The first-order valence-corrected chi connectivity index (χ1v) is 6.44. The van der Waals surface area contributed by atoms with Crippen molar-refractivity contribution in [3.8, 4) is 0 Å². The Balaban J connectivity index is 1.84. The summed E-state index contributed by atoms with van der Waals surface area (Å²) in [6.07, 6.45) is 6.62. The second-order valence-electron chi connectivity index (χ2n) is 4.52. The molecule has 1 saturated heterocycles. The zero-order valence-corrected chi connectivity index (χ0v) is 9.70. The molecule has 1 nitrogen and oxygen atoms in total. The van der Waals surface area contributed by atoms with Gasteiger partial charge in [-0.3, -0.25) is 0 Å². The molecule has 78 valence electrons. The molecule has 1 N–H and O–H groups in total. The Morgan fingerprint density at radius 3 is 3.07 bits per heavy atom. The van der Waals surface area contributed by atoms with Gasteiger partial charge in [0.25, 0.3) is 0 Å². The van der Waals surface area contributed by atoms with Crippen molar-refractivity contribution in [2.24, 2.45) is 0 Å². The number of piperidine rings is 1. The van der Waals surface area contributed by atoms with Crippen LogP contribution in [0.4, 0.5) is 0 Å². The fourth-order valence-corrected chi connectivity index (χ4v) is 2.90. The molecule has 2 rings (SSSR count). The van der Waals surface area contributed by atoms with Crippen LogP contribution >= 0.6 is 11.3 Å². The van der Waals surface area contributed by atoms with E-state index in [1.54, 1.807) is 0 Å². The van der Waals surface area contributed by atoms with Crippen LogP contribution in [-0.4, -0.2) is 12.1 Å². The molecule has 1 aliphatic rings. The molecule has 0 bridgehead atoms. The summed E-state index contributed by atoms with van der Waals surface area (Å²) in [5.41, 5.74) is 0.405. The van der Waals surface area contributed by atoms with Crippen LogP contribution in [0.25, 0.3) is 0 Å². The maximum absolute atomic E-state index is 3.66.